The number of amidine groups is 1. The fourth-order valence-electron chi connectivity index (χ4n) is 4.60. The van der Waals surface area contributed by atoms with Gasteiger partial charge in [-0.05, 0) is 60.5 Å². The molecule has 0 amide bonds. The fraction of sp³-hybridized carbons (Fsp3) is 0.290. The SMILES string of the molecule is COC(=O)C1SC(=NCc2ccc(OC)cc2)N[C@](C)(c2cc(/C=C(\F)c3ccc(C#N)cn3)ccc2F)[C@H](C)C1(F)F. The molecule has 1 aliphatic heterocycles. The second-order valence-corrected chi connectivity index (χ2v) is 11.1. The number of aromatic nitrogens is 1. The lowest BCUT2D eigenvalue weighted by molar-refractivity contribution is -0.153. The summed E-state index contributed by atoms with van der Waals surface area (Å²) < 4.78 is 72.4. The molecule has 4 rings (SSSR count). The quantitative estimate of drug-likeness (QED) is 0.241. The second-order valence-electron chi connectivity index (χ2n) is 9.99. The Labute approximate surface area is 250 Å². The highest BCUT2D eigenvalue weighted by Crippen LogP contribution is 2.48. The highest BCUT2D eigenvalue weighted by Gasteiger charge is 2.60. The predicted molar refractivity (Wildman–Crippen MR) is 156 cm³/mol. The molecular weight excluding hydrogens is 584 g/mol. The molecular formula is C31H28F4N4O3S. The molecule has 1 saturated heterocycles. The topological polar surface area (TPSA) is 96.6 Å². The number of alkyl halides is 2. The van der Waals surface area contributed by atoms with Crippen LogP contribution in [0, 0.1) is 23.1 Å². The maximum atomic E-state index is 16.0. The average Bonchev–Trinajstić information content (AvgIpc) is 3.09. The van der Waals surface area contributed by atoms with Crippen LogP contribution in [0.1, 0.15) is 41.8 Å². The van der Waals surface area contributed by atoms with E-state index >= 15 is 17.6 Å². The largest absolute Gasteiger partial charge is 0.497 e. The Morgan fingerprint density at radius 1 is 1.19 bits per heavy atom. The molecule has 1 unspecified atom stereocenters. The van der Waals surface area contributed by atoms with Crippen LogP contribution >= 0.6 is 11.8 Å². The molecule has 0 spiro atoms. The van der Waals surface area contributed by atoms with E-state index in [1.165, 1.54) is 51.4 Å². The molecule has 224 valence electrons. The molecule has 0 bridgehead atoms. The molecule has 1 aliphatic rings. The monoisotopic (exact) mass is 612 g/mol. The van der Waals surface area contributed by atoms with E-state index in [2.05, 4.69) is 15.3 Å². The Bertz CT molecular complexity index is 1590. The van der Waals surface area contributed by atoms with E-state index in [1.807, 2.05) is 6.07 Å². The number of esters is 1. The zero-order chi connectivity index (χ0) is 31.4. The van der Waals surface area contributed by atoms with Gasteiger partial charge in [-0.1, -0.05) is 36.9 Å². The first-order valence-corrected chi connectivity index (χ1v) is 13.9. The lowest BCUT2D eigenvalue weighted by Crippen LogP contribution is -2.53. The van der Waals surface area contributed by atoms with Crippen molar-refractivity contribution in [2.45, 2.75) is 37.1 Å². The van der Waals surface area contributed by atoms with Crippen LogP contribution in [0.4, 0.5) is 17.6 Å². The molecule has 3 aromatic rings. The van der Waals surface area contributed by atoms with Crippen LogP contribution in [0.2, 0.25) is 0 Å². The first kappa shape index (κ1) is 31.6. The number of hydrogen-bond acceptors (Lipinski definition) is 7. The minimum Gasteiger partial charge on any atom is -0.497 e. The summed E-state index contributed by atoms with van der Waals surface area (Å²) in [5.41, 5.74) is -0.894. The Morgan fingerprint density at radius 3 is 2.51 bits per heavy atom. The molecule has 1 fully saturated rings. The van der Waals surface area contributed by atoms with Crippen LogP contribution < -0.4 is 10.1 Å². The van der Waals surface area contributed by atoms with Crippen LogP contribution in [0.3, 0.4) is 0 Å². The van der Waals surface area contributed by atoms with Gasteiger partial charge in [-0.25, -0.2) is 17.6 Å². The number of nitriles is 1. The molecule has 0 aliphatic carbocycles. The average molecular weight is 613 g/mol. The third-order valence-electron chi connectivity index (χ3n) is 7.35. The van der Waals surface area contributed by atoms with E-state index < -0.39 is 40.2 Å². The van der Waals surface area contributed by atoms with E-state index in [1.54, 1.807) is 24.3 Å². The molecule has 0 radical (unpaired) electrons. The molecule has 1 aromatic heterocycles. The molecule has 7 nitrogen and oxygen atoms in total. The molecule has 43 heavy (non-hydrogen) atoms. The number of hydrogen-bond donors (Lipinski definition) is 1. The summed E-state index contributed by atoms with van der Waals surface area (Å²) in [7, 11) is 2.54. The normalized spacial score (nSPS) is 22.7. The fourth-order valence-corrected chi connectivity index (χ4v) is 5.78. The maximum absolute atomic E-state index is 16.0. The number of carbonyl (C=O) groups is 1. The zero-order valence-electron chi connectivity index (χ0n) is 23.7. The van der Waals surface area contributed by atoms with Crippen molar-refractivity contribution in [1.82, 2.24) is 10.3 Å². The first-order valence-electron chi connectivity index (χ1n) is 13.0. The number of ether oxygens (including phenoxy) is 2. The molecule has 2 aromatic carbocycles. The Morgan fingerprint density at radius 2 is 1.91 bits per heavy atom. The van der Waals surface area contributed by atoms with Gasteiger partial charge in [0.05, 0.1) is 37.6 Å². The van der Waals surface area contributed by atoms with Crippen molar-refractivity contribution in [3.63, 3.8) is 0 Å². The lowest BCUT2D eigenvalue weighted by Gasteiger charge is -2.39. The lowest BCUT2D eigenvalue weighted by atomic mass is 9.75. The van der Waals surface area contributed by atoms with E-state index in [0.29, 0.717) is 17.5 Å². The van der Waals surface area contributed by atoms with Crippen LogP contribution in [0.25, 0.3) is 11.9 Å². The van der Waals surface area contributed by atoms with Gasteiger partial charge in [0.2, 0.25) is 0 Å². The van der Waals surface area contributed by atoms with Crippen molar-refractivity contribution in [2.24, 2.45) is 10.9 Å². The van der Waals surface area contributed by atoms with Gasteiger partial charge < -0.3 is 14.8 Å². The first-order chi connectivity index (χ1) is 20.4. The zero-order valence-corrected chi connectivity index (χ0v) is 24.5. The number of pyridine rings is 1. The van der Waals surface area contributed by atoms with Crippen molar-refractivity contribution in [3.05, 3.63) is 94.6 Å². The molecule has 2 heterocycles. The van der Waals surface area contributed by atoms with Crippen LogP contribution in [-0.2, 0) is 21.6 Å². The summed E-state index contributed by atoms with van der Waals surface area (Å²) >= 11 is 0.505. The number of aliphatic imine (C=N–C) groups is 1. The van der Waals surface area contributed by atoms with Crippen molar-refractivity contribution >= 4 is 34.8 Å². The number of thioether (sulfide) groups is 1. The molecule has 3 atom stereocenters. The summed E-state index contributed by atoms with van der Waals surface area (Å²) in [6.07, 6.45) is 2.30. The Kier molecular flexibility index (Phi) is 9.45. The van der Waals surface area contributed by atoms with Crippen LogP contribution in [0.5, 0.6) is 5.75 Å². The third-order valence-corrected chi connectivity index (χ3v) is 8.55. The number of carbonyl (C=O) groups excluding carboxylic acids is 1. The number of nitrogens with zero attached hydrogens (tertiary/aromatic N) is 3. The van der Waals surface area contributed by atoms with Gasteiger partial charge >= 0.3 is 5.97 Å². The second kappa shape index (κ2) is 12.9. The summed E-state index contributed by atoms with van der Waals surface area (Å²) in [6.45, 7) is 2.66. The third kappa shape index (κ3) is 6.67. The highest BCUT2D eigenvalue weighted by atomic mass is 32.2. The Balaban J connectivity index is 1.78. The smallest absolute Gasteiger partial charge is 0.325 e. The van der Waals surface area contributed by atoms with Crippen molar-refractivity contribution in [2.75, 3.05) is 14.2 Å². The van der Waals surface area contributed by atoms with Gasteiger partial charge in [0.1, 0.15) is 23.5 Å². The molecule has 1 N–H and O–H groups in total. The number of nitrogens with one attached hydrogen (secondary N) is 1. The van der Waals surface area contributed by atoms with E-state index in [0.717, 1.165) is 24.8 Å². The van der Waals surface area contributed by atoms with Gasteiger partial charge in [-0.3, -0.25) is 14.8 Å². The highest BCUT2D eigenvalue weighted by molar-refractivity contribution is 8.15. The van der Waals surface area contributed by atoms with Crippen LogP contribution in [0.15, 0.2) is 65.8 Å². The predicted octanol–water partition coefficient (Wildman–Crippen LogP) is 6.49. The number of rotatable bonds is 7. The summed E-state index contributed by atoms with van der Waals surface area (Å²) in [5, 5.41) is 9.93. The maximum Gasteiger partial charge on any atom is 0.325 e. The van der Waals surface area contributed by atoms with Crippen molar-refractivity contribution in [1.29, 1.82) is 5.26 Å². The molecule has 12 heteroatoms. The minimum absolute atomic E-state index is 0.0222. The van der Waals surface area contributed by atoms with Crippen LogP contribution in [-0.4, -0.2) is 41.5 Å². The van der Waals surface area contributed by atoms with Gasteiger partial charge in [0.15, 0.2) is 10.4 Å². The van der Waals surface area contributed by atoms with Crippen molar-refractivity contribution in [3.8, 4) is 11.8 Å². The Hall–Kier alpha value is -4.37. The van der Waals surface area contributed by atoms with E-state index in [9.17, 15) is 4.79 Å². The minimum atomic E-state index is -3.69. The summed E-state index contributed by atoms with van der Waals surface area (Å²) in [4.78, 5) is 21.0. The van der Waals surface area contributed by atoms with Gasteiger partial charge in [0.25, 0.3) is 5.92 Å². The van der Waals surface area contributed by atoms with E-state index in [4.69, 9.17) is 14.7 Å². The van der Waals surface area contributed by atoms with Gasteiger partial charge in [0, 0.05) is 17.7 Å². The molecule has 0 saturated carbocycles. The van der Waals surface area contributed by atoms with Crippen molar-refractivity contribution < 1.29 is 31.8 Å². The van der Waals surface area contributed by atoms with E-state index in [-0.39, 0.29) is 34.1 Å². The van der Waals surface area contributed by atoms with Gasteiger partial charge in [-0.15, -0.1) is 0 Å². The van der Waals surface area contributed by atoms with Gasteiger partial charge in [-0.2, -0.15) is 5.26 Å². The number of benzene rings is 2. The summed E-state index contributed by atoms with van der Waals surface area (Å²) in [6, 6.07) is 15.2. The standard InChI is InChI=1S/C31H28F4N4O3S/c1-18-30(2,23-13-20(7-11-24(23)32)14-25(33)26-12-8-21(15-36)17-37-26)39-29(43-27(28(40)42-4)31(18,34)35)38-16-19-5-9-22(41-3)10-6-19/h5-14,17-18,27H,16H2,1-4H3,(H,38,39)/b25-14-/t18-,27?,30-/m0/s1. The summed E-state index contributed by atoms with van der Waals surface area (Å²) in [5.74, 6) is -7.47. The number of halogens is 4. The number of methoxy groups -OCH3 is 2.